The highest BCUT2D eigenvalue weighted by atomic mass is 32.2. The van der Waals surface area contributed by atoms with E-state index in [1.165, 1.54) is 0 Å². The summed E-state index contributed by atoms with van der Waals surface area (Å²) in [5.74, 6) is 1.06. The van der Waals surface area contributed by atoms with E-state index in [1.54, 1.807) is 11.8 Å². The third kappa shape index (κ3) is 2.79. The van der Waals surface area contributed by atoms with Crippen LogP contribution in [0, 0.1) is 5.92 Å². The standard InChI is InChI=1S/C13H19N3OS/c1-9(4-5-14)7-16-11-6-10(15)2-3-12(11)18-8-13(16)17/h2-3,6,9H,4-5,7-8,14-15H2,1H3. The molecule has 0 bridgehead atoms. The highest BCUT2D eigenvalue weighted by molar-refractivity contribution is 8.00. The van der Waals surface area contributed by atoms with Gasteiger partial charge in [0.2, 0.25) is 5.91 Å². The van der Waals surface area contributed by atoms with Gasteiger partial charge in [-0.15, -0.1) is 11.8 Å². The molecule has 0 aliphatic carbocycles. The first-order valence-corrected chi connectivity index (χ1v) is 7.13. The molecule has 1 amide bonds. The quantitative estimate of drug-likeness (QED) is 0.813. The van der Waals surface area contributed by atoms with Crippen LogP contribution >= 0.6 is 11.8 Å². The molecular formula is C13H19N3OS. The molecule has 4 N–H and O–H groups in total. The third-order valence-corrected chi connectivity index (χ3v) is 4.13. The summed E-state index contributed by atoms with van der Waals surface area (Å²) in [6.45, 7) is 3.49. The van der Waals surface area contributed by atoms with E-state index in [1.807, 2.05) is 23.1 Å². The number of carbonyl (C=O) groups excluding carboxylic acids is 1. The fraction of sp³-hybridized carbons (Fsp3) is 0.462. The lowest BCUT2D eigenvalue weighted by molar-refractivity contribution is -0.116. The van der Waals surface area contributed by atoms with E-state index in [9.17, 15) is 4.79 Å². The summed E-state index contributed by atoms with van der Waals surface area (Å²) in [6.07, 6.45) is 0.925. The second-order valence-electron chi connectivity index (χ2n) is 4.70. The summed E-state index contributed by atoms with van der Waals surface area (Å²) in [7, 11) is 0. The van der Waals surface area contributed by atoms with Gasteiger partial charge in [-0.2, -0.15) is 0 Å². The number of thioether (sulfide) groups is 1. The molecule has 0 radical (unpaired) electrons. The molecule has 0 spiro atoms. The molecule has 1 atom stereocenters. The number of anilines is 2. The Morgan fingerprint density at radius 1 is 1.50 bits per heavy atom. The summed E-state index contributed by atoms with van der Waals surface area (Å²) in [6, 6.07) is 5.75. The molecule has 5 heteroatoms. The summed E-state index contributed by atoms with van der Waals surface area (Å²) >= 11 is 1.58. The summed E-state index contributed by atoms with van der Waals surface area (Å²) in [5, 5.41) is 0. The van der Waals surface area contributed by atoms with E-state index in [-0.39, 0.29) is 5.91 Å². The van der Waals surface area contributed by atoms with Crippen molar-refractivity contribution < 1.29 is 4.79 Å². The van der Waals surface area contributed by atoms with Gasteiger partial charge in [0.15, 0.2) is 0 Å². The molecule has 18 heavy (non-hydrogen) atoms. The molecule has 1 unspecified atom stereocenters. The van der Waals surface area contributed by atoms with E-state index in [0.717, 1.165) is 17.0 Å². The Bertz CT molecular complexity index is 450. The van der Waals surface area contributed by atoms with Crippen molar-refractivity contribution in [2.24, 2.45) is 11.7 Å². The van der Waals surface area contributed by atoms with Gasteiger partial charge in [-0.05, 0) is 37.1 Å². The number of amides is 1. The highest BCUT2D eigenvalue weighted by Gasteiger charge is 2.25. The van der Waals surface area contributed by atoms with Crippen LogP contribution in [-0.4, -0.2) is 24.7 Å². The van der Waals surface area contributed by atoms with Crippen LogP contribution in [0.25, 0.3) is 0 Å². The third-order valence-electron chi connectivity index (χ3n) is 3.08. The second kappa shape index (κ2) is 5.63. The number of hydrogen-bond acceptors (Lipinski definition) is 4. The zero-order valence-corrected chi connectivity index (χ0v) is 11.4. The van der Waals surface area contributed by atoms with Crippen LogP contribution in [0.4, 0.5) is 11.4 Å². The van der Waals surface area contributed by atoms with Crippen molar-refractivity contribution in [1.29, 1.82) is 0 Å². The van der Waals surface area contributed by atoms with Crippen molar-refractivity contribution >= 4 is 29.0 Å². The second-order valence-corrected chi connectivity index (χ2v) is 5.72. The molecule has 1 aromatic carbocycles. The molecule has 1 aromatic rings. The van der Waals surface area contributed by atoms with Crippen molar-refractivity contribution in [3.8, 4) is 0 Å². The first kappa shape index (κ1) is 13.2. The van der Waals surface area contributed by atoms with Crippen molar-refractivity contribution in [3.05, 3.63) is 18.2 Å². The monoisotopic (exact) mass is 265 g/mol. The topological polar surface area (TPSA) is 72.3 Å². The van der Waals surface area contributed by atoms with Crippen LogP contribution in [0.1, 0.15) is 13.3 Å². The highest BCUT2D eigenvalue weighted by Crippen LogP contribution is 2.37. The Kier molecular flexibility index (Phi) is 4.14. The Morgan fingerprint density at radius 3 is 3.00 bits per heavy atom. The number of nitrogens with zero attached hydrogens (tertiary/aromatic N) is 1. The Balaban J connectivity index is 2.24. The number of fused-ring (bicyclic) bond motifs is 1. The van der Waals surface area contributed by atoms with Gasteiger partial charge >= 0.3 is 0 Å². The first-order chi connectivity index (χ1) is 8.61. The zero-order valence-electron chi connectivity index (χ0n) is 10.6. The van der Waals surface area contributed by atoms with Gasteiger partial charge in [0.25, 0.3) is 0 Å². The molecule has 1 aliphatic heterocycles. The number of benzene rings is 1. The molecule has 0 aromatic heterocycles. The van der Waals surface area contributed by atoms with E-state index in [4.69, 9.17) is 11.5 Å². The largest absolute Gasteiger partial charge is 0.399 e. The van der Waals surface area contributed by atoms with Gasteiger partial charge in [0, 0.05) is 17.1 Å². The van der Waals surface area contributed by atoms with Crippen molar-refractivity contribution in [2.75, 3.05) is 29.5 Å². The van der Waals surface area contributed by atoms with E-state index >= 15 is 0 Å². The van der Waals surface area contributed by atoms with Crippen molar-refractivity contribution in [2.45, 2.75) is 18.2 Å². The fourth-order valence-corrected chi connectivity index (χ4v) is 3.02. The predicted molar refractivity (Wildman–Crippen MR) is 76.8 cm³/mol. The first-order valence-electron chi connectivity index (χ1n) is 6.14. The Morgan fingerprint density at radius 2 is 2.28 bits per heavy atom. The normalized spacial score (nSPS) is 16.6. The zero-order chi connectivity index (χ0) is 13.1. The van der Waals surface area contributed by atoms with Gasteiger partial charge in [-0.3, -0.25) is 4.79 Å². The van der Waals surface area contributed by atoms with Gasteiger partial charge < -0.3 is 16.4 Å². The molecule has 0 saturated heterocycles. The molecule has 98 valence electrons. The summed E-state index contributed by atoms with van der Waals surface area (Å²) < 4.78 is 0. The maximum atomic E-state index is 12.0. The molecular weight excluding hydrogens is 246 g/mol. The molecule has 0 fully saturated rings. The van der Waals surface area contributed by atoms with Gasteiger partial charge in [-0.1, -0.05) is 6.92 Å². The molecule has 1 heterocycles. The fourth-order valence-electron chi connectivity index (χ4n) is 2.11. The Hall–Kier alpha value is -1.20. The minimum absolute atomic E-state index is 0.155. The van der Waals surface area contributed by atoms with E-state index in [2.05, 4.69) is 6.92 Å². The number of hydrogen-bond donors (Lipinski definition) is 2. The average Bonchev–Trinajstić information content (AvgIpc) is 2.33. The number of carbonyl (C=O) groups is 1. The predicted octanol–water partition coefficient (Wildman–Crippen LogP) is 1.69. The molecule has 2 rings (SSSR count). The van der Waals surface area contributed by atoms with Crippen LogP contribution in [0.3, 0.4) is 0 Å². The number of rotatable bonds is 4. The van der Waals surface area contributed by atoms with Gasteiger partial charge in [0.05, 0.1) is 11.4 Å². The van der Waals surface area contributed by atoms with E-state index in [0.29, 0.717) is 30.4 Å². The maximum Gasteiger partial charge on any atom is 0.237 e. The minimum atomic E-state index is 0.155. The molecule has 0 saturated carbocycles. The lowest BCUT2D eigenvalue weighted by Gasteiger charge is -2.31. The summed E-state index contributed by atoms with van der Waals surface area (Å²) in [4.78, 5) is 15.0. The van der Waals surface area contributed by atoms with Crippen molar-refractivity contribution in [3.63, 3.8) is 0 Å². The van der Waals surface area contributed by atoms with Gasteiger partial charge in [0.1, 0.15) is 0 Å². The number of nitrogen functional groups attached to an aromatic ring is 1. The van der Waals surface area contributed by atoms with Crippen LogP contribution in [0.15, 0.2) is 23.1 Å². The maximum absolute atomic E-state index is 12.0. The lowest BCUT2D eigenvalue weighted by atomic mass is 10.1. The Labute approximate surface area is 112 Å². The van der Waals surface area contributed by atoms with Crippen molar-refractivity contribution in [1.82, 2.24) is 0 Å². The lowest BCUT2D eigenvalue weighted by Crippen LogP contribution is -2.38. The van der Waals surface area contributed by atoms with Crippen LogP contribution in [-0.2, 0) is 4.79 Å². The smallest absolute Gasteiger partial charge is 0.237 e. The number of nitrogens with two attached hydrogens (primary N) is 2. The van der Waals surface area contributed by atoms with Crippen LogP contribution in [0.2, 0.25) is 0 Å². The van der Waals surface area contributed by atoms with Gasteiger partial charge in [-0.25, -0.2) is 0 Å². The molecule has 1 aliphatic rings. The van der Waals surface area contributed by atoms with Crippen LogP contribution < -0.4 is 16.4 Å². The average molecular weight is 265 g/mol. The van der Waals surface area contributed by atoms with Crippen LogP contribution in [0.5, 0.6) is 0 Å². The minimum Gasteiger partial charge on any atom is -0.399 e. The molecule has 4 nitrogen and oxygen atoms in total. The van der Waals surface area contributed by atoms with E-state index < -0.39 is 0 Å². The SMILES string of the molecule is CC(CCN)CN1C(=O)CSc2ccc(N)cc21. The summed E-state index contributed by atoms with van der Waals surface area (Å²) in [5.41, 5.74) is 13.0.